The molecule has 4 nitrogen and oxygen atoms in total. The first kappa shape index (κ1) is 13.7. The van der Waals surface area contributed by atoms with E-state index in [-0.39, 0.29) is 18.4 Å². The third-order valence-electron chi connectivity index (χ3n) is 1.91. The molecule has 0 spiro atoms. The molecule has 0 aliphatic carbocycles. The van der Waals surface area contributed by atoms with Gasteiger partial charge in [0.2, 0.25) is 11.8 Å². The molecule has 0 aliphatic rings. The van der Waals surface area contributed by atoms with Crippen LogP contribution < -0.4 is 10.6 Å². The summed E-state index contributed by atoms with van der Waals surface area (Å²) < 4.78 is 0. The second kappa shape index (κ2) is 9.24. The second-order valence-corrected chi connectivity index (χ2v) is 3.40. The van der Waals surface area contributed by atoms with Crippen LogP contribution in [0.5, 0.6) is 0 Å². The molecule has 4 heteroatoms. The lowest BCUT2D eigenvalue weighted by atomic mass is 10.2. The van der Waals surface area contributed by atoms with Gasteiger partial charge >= 0.3 is 0 Å². The van der Waals surface area contributed by atoms with Crippen LogP contribution in [0.2, 0.25) is 0 Å². The van der Waals surface area contributed by atoms with Gasteiger partial charge in [0.05, 0.1) is 6.54 Å². The molecule has 0 rings (SSSR count). The quantitative estimate of drug-likeness (QED) is 0.465. The lowest BCUT2D eigenvalue weighted by molar-refractivity contribution is -0.125. The van der Waals surface area contributed by atoms with Crippen LogP contribution in [-0.4, -0.2) is 24.9 Å². The predicted molar refractivity (Wildman–Crippen MR) is 60.4 cm³/mol. The van der Waals surface area contributed by atoms with Crippen molar-refractivity contribution in [1.29, 1.82) is 0 Å². The van der Waals surface area contributed by atoms with Crippen molar-refractivity contribution >= 4 is 11.8 Å². The summed E-state index contributed by atoms with van der Waals surface area (Å²) in [5.41, 5.74) is 0. The highest BCUT2D eigenvalue weighted by Crippen LogP contribution is 1.98. The molecule has 0 aromatic carbocycles. The van der Waals surface area contributed by atoms with Crippen LogP contribution in [0.1, 0.15) is 32.6 Å². The Bertz CT molecular complexity index is 215. The highest BCUT2D eigenvalue weighted by atomic mass is 16.2. The zero-order valence-electron chi connectivity index (χ0n) is 9.34. The fraction of sp³-hybridized carbons (Fsp3) is 0.636. The van der Waals surface area contributed by atoms with Gasteiger partial charge in [0.25, 0.3) is 0 Å². The van der Waals surface area contributed by atoms with Gasteiger partial charge in [0.1, 0.15) is 0 Å². The summed E-state index contributed by atoms with van der Waals surface area (Å²) in [7, 11) is 0. The molecule has 0 unspecified atom stereocenters. The van der Waals surface area contributed by atoms with Crippen LogP contribution in [0, 0.1) is 0 Å². The lowest BCUT2D eigenvalue weighted by Gasteiger charge is -2.04. The van der Waals surface area contributed by atoms with Crippen molar-refractivity contribution in [3.8, 4) is 0 Å². The average molecular weight is 212 g/mol. The minimum absolute atomic E-state index is 0.0714. The van der Waals surface area contributed by atoms with Crippen LogP contribution in [0.15, 0.2) is 12.7 Å². The van der Waals surface area contributed by atoms with E-state index in [0.29, 0.717) is 6.54 Å². The van der Waals surface area contributed by atoms with Gasteiger partial charge in [-0.25, -0.2) is 0 Å². The van der Waals surface area contributed by atoms with Gasteiger partial charge in [0.15, 0.2) is 0 Å². The van der Waals surface area contributed by atoms with E-state index in [0.717, 1.165) is 25.7 Å². The van der Waals surface area contributed by atoms with E-state index in [9.17, 15) is 9.59 Å². The van der Waals surface area contributed by atoms with E-state index in [1.807, 2.05) is 6.08 Å². The van der Waals surface area contributed by atoms with Crippen LogP contribution in [0.25, 0.3) is 0 Å². The third kappa shape index (κ3) is 10.6. The molecule has 0 heterocycles. The number of hydrogen-bond acceptors (Lipinski definition) is 2. The molecule has 0 aromatic rings. The van der Waals surface area contributed by atoms with E-state index in [1.54, 1.807) is 0 Å². The summed E-state index contributed by atoms with van der Waals surface area (Å²) in [5, 5.41) is 5.18. The minimum Gasteiger partial charge on any atom is -0.355 e. The zero-order chi connectivity index (χ0) is 11.5. The molecule has 0 saturated carbocycles. The smallest absolute Gasteiger partial charge is 0.239 e. The van der Waals surface area contributed by atoms with Crippen LogP contribution in [0.4, 0.5) is 0 Å². The summed E-state index contributed by atoms with van der Waals surface area (Å²) in [5.74, 6) is -0.315. The SMILES string of the molecule is C=CCCCCCNC(=O)CNC(C)=O. The average Bonchev–Trinajstić information content (AvgIpc) is 2.20. The Morgan fingerprint density at radius 2 is 1.93 bits per heavy atom. The Morgan fingerprint density at radius 3 is 2.53 bits per heavy atom. The molecule has 0 radical (unpaired) electrons. The summed E-state index contributed by atoms with van der Waals surface area (Å²) in [6.45, 7) is 5.78. The topological polar surface area (TPSA) is 58.2 Å². The van der Waals surface area contributed by atoms with Gasteiger partial charge in [-0.3, -0.25) is 9.59 Å². The molecule has 15 heavy (non-hydrogen) atoms. The van der Waals surface area contributed by atoms with Gasteiger partial charge in [-0.2, -0.15) is 0 Å². The van der Waals surface area contributed by atoms with Crippen molar-refractivity contribution in [3.63, 3.8) is 0 Å². The molecular formula is C11H20N2O2. The van der Waals surface area contributed by atoms with Gasteiger partial charge in [-0.15, -0.1) is 6.58 Å². The molecule has 0 atom stereocenters. The monoisotopic (exact) mass is 212 g/mol. The van der Waals surface area contributed by atoms with Gasteiger partial charge in [0, 0.05) is 13.5 Å². The van der Waals surface area contributed by atoms with Crippen molar-refractivity contribution in [2.24, 2.45) is 0 Å². The number of rotatable bonds is 8. The summed E-state index contributed by atoms with van der Waals surface area (Å²) in [6.07, 6.45) is 6.10. The number of allylic oxidation sites excluding steroid dienone is 1. The van der Waals surface area contributed by atoms with Crippen molar-refractivity contribution in [1.82, 2.24) is 10.6 Å². The van der Waals surface area contributed by atoms with Crippen LogP contribution in [-0.2, 0) is 9.59 Å². The number of unbranched alkanes of at least 4 members (excludes halogenated alkanes) is 3. The van der Waals surface area contributed by atoms with Crippen molar-refractivity contribution < 1.29 is 9.59 Å². The summed E-state index contributed by atoms with van der Waals surface area (Å²) in [4.78, 5) is 21.6. The molecule has 0 aliphatic heterocycles. The number of carbonyl (C=O) groups is 2. The fourth-order valence-corrected chi connectivity index (χ4v) is 1.09. The maximum atomic E-state index is 11.1. The molecule has 2 amide bonds. The largest absolute Gasteiger partial charge is 0.355 e. The van der Waals surface area contributed by atoms with E-state index in [4.69, 9.17) is 0 Å². The highest BCUT2D eigenvalue weighted by Gasteiger charge is 2.00. The molecule has 86 valence electrons. The Balaban J connectivity index is 3.23. The second-order valence-electron chi connectivity index (χ2n) is 3.40. The van der Waals surface area contributed by atoms with Crippen molar-refractivity contribution in [3.05, 3.63) is 12.7 Å². The first-order valence-corrected chi connectivity index (χ1v) is 5.29. The first-order valence-electron chi connectivity index (χ1n) is 5.29. The lowest BCUT2D eigenvalue weighted by Crippen LogP contribution is -2.36. The number of hydrogen-bond donors (Lipinski definition) is 2. The summed E-state index contributed by atoms with van der Waals surface area (Å²) in [6, 6.07) is 0. The maximum absolute atomic E-state index is 11.1. The molecule has 0 bridgehead atoms. The van der Waals surface area contributed by atoms with Crippen molar-refractivity contribution in [2.45, 2.75) is 32.6 Å². The zero-order valence-corrected chi connectivity index (χ0v) is 9.34. The fourth-order valence-electron chi connectivity index (χ4n) is 1.09. The predicted octanol–water partition coefficient (Wildman–Crippen LogP) is 0.985. The van der Waals surface area contributed by atoms with E-state index >= 15 is 0 Å². The standard InChI is InChI=1S/C11H20N2O2/c1-3-4-5-6-7-8-12-11(15)9-13-10(2)14/h3H,1,4-9H2,2H3,(H,12,15)(H,13,14). The van der Waals surface area contributed by atoms with E-state index in [2.05, 4.69) is 17.2 Å². The number of nitrogens with one attached hydrogen (secondary N) is 2. The highest BCUT2D eigenvalue weighted by molar-refractivity contribution is 5.83. The molecule has 0 saturated heterocycles. The van der Waals surface area contributed by atoms with Crippen LogP contribution in [0.3, 0.4) is 0 Å². The Labute approximate surface area is 91.1 Å². The normalized spacial score (nSPS) is 9.40. The Kier molecular flexibility index (Phi) is 8.43. The van der Waals surface area contributed by atoms with E-state index in [1.165, 1.54) is 6.92 Å². The van der Waals surface area contributed by atoms with Crippen molar-refractivity contribution in [2.75, 3.05) is 13.1 Å². The van der Waals surface area contributed by atoms with E-state index < -0.39 is 0 Å². The molecule has 0 fully saturated rings. The number of carbonyl (C=O) groups excluding carboxylic acids is 2. The molecular weight excluding hydrogens is 192 g/mol. The van der Waals surface area contributed by atoms with Gasteiger partial charge < -0.3 is 10.6 Å². The Hall–Kier alpha value is -1.32. The summed E-state index contributed by atoms with van der Waals surface area (Å²) >= 11 is 0. The maximum Gasteiger partial charge on any atom is 0.239 e. The third-order valence-corrected chi connectivity index (χ3v) is 1.91. The molecule has 2 N–H and O–H groups in total. The minimum atomic E-state index is -0.184. The first-order chi connectivity index (χ1) is 7.16. The molecule has 0 aromatic heterocycles. The van der Waals surface area contributed by atoms with Gasteiger partial charge in [-0.1, -0.05) is 12.5 Å². The Morgan fingerprint density at radius 1 is 1.20 bits per heavy atom. The van der Waals surface area contributed by atoms with Gasteiger partial charge in [-0.05, 0) is 19.3 Å². The number of amides is 2. The van der Waals surface area contributed by atoms with Crippen LogP contribution >= 0.6 is 0 Å².